The van der Waals surface area contributed by atoms with E-state index in [1.165, 1.54) is 66.3 Å². The quantitative estimate of drug-likeness (QED) is 0.803. The summed E-state index contributed by atoms with van der Waals surface area (Å²) in [5.74, 6) is 0. The maximum atomic E-state index is 5.00. The maximum absolute atomic E-state index is 5.00. The van der Waals surface area contributed by atoms with Crippen LogP contribution in [0.15, 0.2) is 16.5 Å². The normalized spacial score (nSPS) is 30.2. The first-order valence-corrected chi connectivity index (χ1v) is 9.54. The standard InChI is InChI=1S/C18H23N3S/c1-11-9-14(12(2)20(11)13-7-8-13)17-10-22-18-19-15-5-3-4-6-16(15)21(17)18/h9-10,13,15-16H,3-8H2,1-2H3/t15-,16+/m0/s1. The van der Waals surface area contributed by atoms with Gasteiger partial charge in [-0.1, -0.05) is 24.6 Å². The average molecular weight is 313 g/mol. The highest BCUT2D eigenvalue weighted by molar-refractivity contribution is 8.16. The van der Waals surface area contributed by atoms with Crippen LogP contribution in [0.2, 0.25) is 0 Å². The second-order valence-electron chi connectivity index (χ2n) is 7.21. The molecule has 2 atom stereocenters. The van der Waals surface area contributed by atoms with Crippen molar-refractivity contribution in [3.05, 3.63) is 28.4 Å². The predicted molar refractivity (Wildman–Crippen MR) is 93.1 cm³/mol. The topological polar surface area (TPSA) is 20.5 Å². The number of aliphatic imine (C=N–C) groups is 1. The number of rotatable bonds is 2. The molecule has 2 aliphatic heterocycles. The Balaban J connectivity index is 1.54. The fourth-order valence-corrected chi connectivity index (χ4v) is 5.55. The van der Waals surface area contributed by atoms with Gasteiger partial charge in [-0.05, 0) is 45.6 Å². The molecule has 0 spiro atoms. The van der Waals surface area contributed by atoms with Gasteiger partial charge >= 0.3 is 0 Å². The fraction of sp³-hybridized carbons (Fsp3) is 0.611. The first-order chi connectivity index (χ1) is 10.7. The van der Waals surface area contributed by atoms with Gasteiger partial charge in [0.1, 0.15) is 0 Å². The largest absolute Gasteiger partial charge is 0.345 e. The number of hydrogen-bond donors (Lipinski definition) is 0. The van der Waals surface area contributed by atoms with E-state index in [-0.39, 0.29) is 0 Å². The summed E-state index contributed by atoms with van der Waals surface area (Å²) >= 11 is 1.83. The van der Waals surface area contributed by atoms with Crippen LogP contribution in [-0.4, -0.2) is 26.7 Å². The number of amidine groups is 1. The van der Waals surface area contributed by atoms with Gasteiger partial charge in [0.25, 0.3) is 0 Å². The summed E-state index contributed by atoms with van der Waals surface area (Å²) in [5, 5.41) is 3.59. The summed E-state index contributed by atoms with van der Waals surface area (Å²) in [6.45, 7) is 4.57. The second kappa shape index (κ2) is 4.67. The third-order valence-electron chi connectivity index (χ3n) is 5.72. The van der Waals surface area contributed by atoms with Gasteiger partial charge in [-0.3, -0.25) is 4.99 Å². The molecule has 4 aliphatic rings. The molecule has 2 fully saturated rings. The molecule has 5 rings (SSSR count). The molecule has 22 heavy (non-hydrogen) atoms. The Morgan fingerprint density at radius 1 is 1.14 bits per heavy atom. The Morgan fingerprint density at radius 2 is 1.95 bits per heavy atom. The smallest absolute Gasteiger partial charge is 0.168 e. The van der Waals surface area contributed by atoms with Crippen LogP contribution in [0, 0.1) is 13.8 Å². The molecule has 0 radical (unpaired) electrons. The number of hydrogen-bond acceptors (Lipinski definition) is 3. The number of fused-ring (bicyclic) bond motifs is 3. The van der Waals surface area contributed by atoms with E-state index in [0.29, 0.717) is 12.1 Å². The molecule has 4 heteroatoms. The molecule has 0 bridgehead atoms. The van der Waals surface area contributed by atoms with Crippen LogP contribution in [0.4, 0.5) is 0 Å². The van der Waals surface area contributed by atoms with Crippen molar-refractivity contribution < 1.29 is 0 Å². The predicted octanol–water partition coefficient (Wildman–Crippen LogP) is 4.47. The first-order valence-electron chi connectivity index (χ1n) is 8.66. The van der Waals surface area contributed by atoms with Gasteiger partial charge in [0.15, 0.2) is 5.17 Å². The van der Waals surface area contributed by atoms with E-state index < -0.39 is 0 Å². The molecule has 0 unspecified atom stereocenters. The van der Waals surface area contributed by atoms with Gasteiger partial charge in [0.2, 0.25) is 0 Å². The Kier molecular flexibility index (Phi) is 2.82. The molecule has 0 saturated heterocycles. The van der Waals surface area contributed by atoms with Crippen molar-refractivity contribution in [1.82, 2.24) is 9.47 Å². The molecule has 0 aromatic carbocycles. The highest BCUT2D eigenvalue weighted by Gasteiger charge is 2.43. The van der Waals surface area contributed by atoms with E-state index in [4.69, 9.17) is 4.99 Å². The summed E-state index contributed by atoms with van der Waals surface area (Å²) in [6, 6.07) is 4.33. The van der Waals surface area contributed by atoms with Crippen LogP contribution in [0.1, 0.15) is 61.5 Å². The molecular weight excluding hydrogens is 290 g/mol. The van der Waals surface area contributed by atoms with Crippen LogP contribution in [0.5, 0.6) is 0 Å². The molecule has 1 aromatic heterocycles. The van der Waals surface area contributed by atoms with Crippen molar-refractivity contribution in [2.75, 3.05) is 0 Å². The van der Waals surface area contributed by atoms with E-state index in [9.17, 15) is 0 Å². The summed E-state index contributed by atoms with van der Waals surface area (Å²) in [6.07, 6.45) is 8.00. The Bertz CT molecular complexity index is 695. The third kappa shape index (κ3) is 1.79. The van der Waals surface area contributed by atoms with E-state index in [1.54, 1.807) is 0 Å². The highest BCUT2D eigenvalue weighted by Crippen LogP contribution is 2.46. The van der Waals surface area contributed by atoms with Crippen LogP contribution in [0.25, 0.3) is 5.70 Å². The van der Waals surface area contributed by atoms with Gasteiger partial charge in [-0.2, -0.15) is 0 Å². The lowest BCUT2D eigenvalue weighted by Gasteiger charge is -2.32. The average Bonchev–Trinajstić information content (AvgIpc) is 3.04. The Morgan fingerprint density at radius 3 is 2.77 bits per heavy atom. The zero-order valence-electron chi connectivity index (χ0n) is 13.4. The summed E-state index contributed by atoms with van der Waals surface area (Å²) < 4.78 is 2.56. The minimum atomic E-state index is 0.548. The Hall–Kier alpha value is -1.16. The van der Waals surface area contributed by atoms with E-state index >= 15 is 0 Å². The van der Waals surface area contributed by atoms with Crippen molar-refractivity contribution in [2.45, 2.75) is 70.5 Å². The van der Waals surface area contributed by atoms with Gasteiger partial charge in [-0.15, -0.1) is 0 Å². The summed E-state index contributed by atoms with van der Waals surface area (Å²) in [5.41, 5.74) is 5.73. The molecule has 3 heterocycles. The van der Waals surface area contributed by atoms with Crippen molar-refractivity contribution in [1.29, 1.82) is 0 Å². The number of aromatic nitrogens is 1. The van der Waals surface area contributed by atoms with Crippen molar-refractivity contribution >= 4 is 22.6 Å². The van der Waals surface area contributed by atoms with E-state index in [0.717, 1.165) is 6.04 Å². The molecule has 2 aliphatic carbocycles. The minimum Gasteiger partial charge on any atom is -0.345 e. The summed E-state index contributed by atoms with van der Waals surface area (Å²) in [7, 11) is 0. The van der Waals surface area contributed by atoms with Crippen LogP contribution in [-0.2, 0) is 0 Å². The van der Waals surface area contributed by atoms with Crippen molar-refractivity contribution in [2.24, 2.45) is 4.99 Å². The molecule has 0 amide bonds. The van der Waals surface area contributed by atoms with Gasteiger partial charge in [-0.25, -0.2) is 0 Å². The van der Waals surface area contributed by atoms with Gasteiger partial charge < -0.3 is 9.47 Å². The molecule has 3 nitrogen and oxygen atoms in total. The van der Waals surface area contributed by atoms with Crippen LogP contribution < -0.4 is 0 Å². The molecular formula is C18H23N3S. The zero-order valence-corrected chi connectivity index (χ0v) is 14.2. The lowest BCUT2D eigenvalue weighted by atomic mass is 9.90. The lowest BCUT2D eigenvalue weighted by Crippen LogP contribution is -2.38. The van der Waals surface area contributed by atoms with E-state index in [1.807, 2.05) is 11.8 Å². The SMILES string of the molecule is Cc1cc(C2=CSC3=N[C@H]4CCCC[C@H]4N23)c(C)n1C1CC1. The number of aryl methyl sites for hydroxylation is 1. The third-order valence-corrected chi connectivity index (χ3v) is 6.57. The first kappa shape index (κ1) is 13.3. The lowest BCUT2D eigenvalue weighted by molar-refractivity contribution is 0.305. The number of nitrogens with zero attached hydrogens (tertiary/aromatic N) is 3. The van der Waals surface area contributed by atoms with Crippen molar-refractivity contribution in [3.8, 4) is 0 Å². The van der Waals surface area contributed by atoms with Gasteiger partial charge in [0.05, 0.1) is 17.8 Å². The molecule has 1 aromatic rings. The van der Waals surface area contributed by atoms with Crippen LogP contribution >= 0.6 is 11.8 Å². The summed E-state index contributed by atoms with van der Waals surface area (Å²) in [4.78, 5) is 7.56. The molecule has 0 N–H and O–H groups in total. The maximum Gasteiger partial charge on any atom is 0.168 e. The van der Waals surface area contributed by atoms with E-state index in [2.05, 4.69) is 34.8 Å². The minimum absolute atomic E-state index is 0.548. The Labute approximate surface area is 136 Å². The molecule has 116 valence electrons. The number of thioether (sulfide) groups is 1. The molecule has 2 saturated carbocycles. The highest BCUT2D eigenvalue weighted by atomic mass is 32.2. The monoisotopic (exact) mass is 313 g/mol. The zero-order chi connectivity index (χ0) is 14.8. The van der Waals surface area contributed by atoms with Crippen LogP contribution in [0.3, 0.4) is 0 Å². The second-order valence-corrected chi connectivity index (χ2v) is 8.04. The van der Waals surface area contributed by atoms with Crippen molar-refractivity contribution in [3.63, 3.8) is 0 Å². The fourth-order valence-electron chi connectivity index (χ4n) is 4.55. The van der Waals surface area contributed by atoms with Gasteiger partial charge in [0, 0.05) is 28.4 Å².